The summed E-state index contributed by atoms with van der Waals surface area (Å²) in [5.74, 6) is 2.38. The molecule has 0 amide bonds. The molecule has 5 nitrogen and oxygen atoms in total. The lowest BCUT2D eigenvalue weighted by Gasteiger charge is -2.10. The minimum absolute atomic E-state index is 0.775. The topological polar surface area (TPSA) is 60.0 Å². The van der Waals surface area contributed by atoms with Gasteiger partial charge in [0.2, 0.25) is 0 Å². The Hall–Kier alpha value is -4.12. The van der Waals surface area contributed by atoms with E-state index in [1.54, 1.807) is 13.3 Å². The molecule has 0 saturated heterocycles. The molecule has 5 rings (SSSR count). The quantitative estimate of drug-likeness (QED) is 0.392. The summed E-state index contributed by atoms with van der Waals surface area (Å²) in [6, 6.07) is 27.6. The summed E-state index contributed by atoms with van der Waals surface area (Å²) in [7, 11) is 1.66. The molecule has 0 radical (unpaired) electrons. The molecule has 0 aliphatic heterocycles. The van der Waals surface area contributed by atoms with Crippen LogP contribution >= 0.6 is 0 Å². The summed E-state index contributed by atoms with van der Waals surface area (Å²) >= 11 is 0. The van der Waals surface area contributed by atoms with Crippen molar-refractivity contribution in [1.82, 2.24) is 15.2 Å². The first-order valence-corrected chi connectivity index (χ1v) is 9.62. The van der Waals surface area contributed by atoms with Crippen molar-refractivity contribution in [3.63, 3.8) is 0 Å². The van der Waals surface area contributed by atoms with E-state index in [2.05, 4.69) is 10.2 Å². The first-order valence-electron chi connectivity index (χ1n) is 9.62. The van der Waals surface area contributed by atoms with E-state index in [4.69, 9.17) is 14.5 Å². The van der Waals surface area contributed by atoms with E-state index in [9.17, 15) is 0 Å². The summed E-state index contributed by atoms with van der Waals surface area (Å²) < 4.78 is 11.3. The van der Waals surface area contributed by atoms with E-state index < -0.39 is 0 Å². The van der Waals surface area contributed by atoms with Crippen LogP contribution < -0.4 is 9.47 Å². The van der Waals surface area contributed by atoms with E-state index in [0.29, 0.717) is 0 Å². The zero-order valence-electron chi connectivity index (χ0n) is 16.4. The van der Waals surface area contributed by atoms with Crippen molar-refractivity contribution in [1.29, 1.82) is 0 Å². The molecule has 0 atom stereocenters. The molecule has 0 aliphatic carbocycles. The SMILES string of the molecule is COc1cccc(-c2cc3[nH]ncc3c(-c3ccc(Oc4ccccc4)cc3)n2)c1. The highest BCUT2D eigenvalue weighted by Crippen LogP contribution is 2.32. The molecule has 0 aliphatic rings. The normalized spacial score (nSPS) is 10.8. The van der Waals surface area contributed by atoms with Crippen LogP contribution in [0.25, 0.3) is 33.4 Å². The molecule has 0 fully saturated rings. The molecule has 3 aromatic carbocycles. The van der Waals surface area contributed by atoms with Crippen LogP contribution in [0.5, 0.6) is 17.2 Å². The second-order valence-electron chi connectivity index (χ2n) is 6.86. The van der Waals surface area contributed by atoms with Crippen molar-refractivity contribution < 1.29 is 9.47 Å². The average molecular weight is 393 g/mol. The Balaban J connectivity index is 1.54. The van der Waals surface area contributed by atoms with E-state index in [0.717, 1.165) is 50.7 Å². The first kappa shape index (κ1) is 17.9. The highest BCUT2D eigenvalue weighted by Gasteiger charge is 2.12. The van der Waals surface area contributed by atoms with Gasteiger partial charge in [-0.25, -0.2) is 4.98 Å². The fourth-order valence-electron chi connectivity index (χ4n) is 3.40. The van der Waals surface area contributed by atoms with Gasteiger partial charge in [0, 0.05) is 16.5 Å². The number of pyridine rings is 1. The number of methoxy groups -OCH3 is 1. The smallest absolute Gasteiger partial charge is 0.127 e. The third kappa shape index (κ3) is 3.49. The number of aromatic nitrogens is 3. The number of nitrogens with zero attached hydrogens (tertiary/aromatic N) is 2. The number of ether oxygens (including phenoxy) is 2. The molecule has 5 aromatic rings. The Morgan fingerprint density at radius 1 is 0.733 bits per heavy atom. The standard InChI is InChI=1S/C25H19N3O2/c1-29-21-9-5-6-18(14-21)23-15-24-22(16-26-28-24)25(27-23)17-10-12-20(13-11-17)30-19-7-3-2-4-8-19/h2-16H,1H3,(H,26,28). The van der Waals surface area contributed by atoms with Gasteiger partial charge < -0.3 is 9.47 Å². The Morgan fingerprint density at radius 2 is 1.50 bits per heavy atom. The van der Waals surface area contributed by atoms with Crippen LogP contribution in [0.1, 0.15) is 0 Å². The predicted molar refractivity (Wildman–Crippen MR) is 118 cm³/mol. The molecular weight excluding hydrogens is 374 g/mol. The van der Waals surface area contributed by atoms with E-state index in [1.165, 1.54) is 0 Å². The molecule has 5 heteroatoms. The Labute approximate surface area is 173 Å². The lowest BCUT2D eigenvalue weighted by Crippen LogP contribution is -1.91. The second kappa shape index (κ2) is 7.72. The molecule has 2 aromatic heterocycles. The molecule has 0 saturated carbocycles. The molecule has 0 bridgehead atoms. The number of para-hydroxylation sites is 1. The molecule has 0 spiro atoms. The van der Waals surface area contributed by atoms with Crippen molar-refractivity contribution >= 4 is 10.9 Å². The number of hydrogen-bond acceptors (Lipinski definition) is 4. The van der Waals surface area contributed by atoms with Crippen LogP contribution in [0.3, 0.4) is 0 Å². The Morgan fingerprint density at radius 3 is 2.30 bits per heavy atom. The minimum atomic E-state index is 0.775. The number of H-pyrrole nitrogens is 1. The van der Waals surface area contributed by atoms with Crippen molar-refractivity contribution in [2.75, 3.05) is 7.11 Å². The summed E-state index contributed by atoms with van der Waals surface area (Å²) in [6.45, 7) is 0. The number of nitrogens with one attached hydrogen (secondary N) is 1. The molecule has 1 N–H and O–H groups in total. The van der Waals surface area contributed by atoms with Gasteiger partial charge in [0.15, 0.2) is 0 Å². The number of rotatable bonds is 5. The van der Waals surface area contributed by atoms with Gasteiger partial charge in [0.1, 0.15) is 17.2 Å². The third-order valence-electron chi connectivity index (χ3n) is 4.91. The van der Waals surface area contributed by atoms with Crippen LogP contribution in [0, 0.1) is 0 Å². The van der Waals surface area contributed by atoms with Crippen molar-refractivity contribution in [3.05, 3.63) is 91.1 Å². The number of aromatic amines is 1. The van der Waals surface area contributed by atoms with Crippen LogP contribution in [-0.4, -0.2) is 22.3 Å². The predicted octanol–water partition coefficient (Wildman–Crippen LogP) is 6.09. The second-order valence-corrected chi connectivity index (χ2v) is 6.86. The summed E-state index contributed by atoms with van der Waals surface area (Å²) in [5.41, 5.74) is 4.63. The van der Waals surface area contributed by atoms with Gasteiger partial charge in [-0.2, -0.15) is 5.10 Å². The van der Waals surface area contributed by atoms with Crippen LogP contribution in [-0.2, 0) is 0 Å². The van der Waals surface area contributed by atoms with Gasteiger partial charge in [-0.1, -0.05) is 30.3 Å². The van der Waals surface area contributed by atoms with E-state index >= 15 is 0 Å². The molecule has 2 heterocycles. The summed E-state index contributed by atoms with van der Waals surface area (Å²) in [5, 5.41) is 8.25. The van der Waals surface area contributed by atoms with Gasteiger partial charge in [-0.3, -0.25) is 5.10 Å². The number of benzene rings is 3. The molecular formula is C25H19N3O2. The zero-order valence-corrected chi connectivity index (χ0v) is 16.4. The molecule has 0 unspecified atom stereocenters. The van der Waals surface area contributed by atoms with Crippen molar-refractivity contribution in [3.8, 4) is 39.8 Å². The summed E-state index contributed by atoms with van der Waals surface area (Å²) in [6.07, 6.45) is 1.81. The van der Waals surface area contributed by atoms with Gasteiger partial charge in [-0.05, 0) is 54.6 Å². The average Bonchev–Trinajstić information content (AvgIpc) is 3.29. The summed E-state index contributed by atoms with van der Waals surface area (Å²) in [4.78, 5) is 4.95. The maximum Gasteiger partial charge on any atom is 0.127 e. The van der Waals surface area contributed by atoms with Crippen LogP contribution in [0.2, 0.25) is 0 Å². The maximum atomic E-state index is 5.91. The fourth-order valence-corrected chi connectivity index (χ4v) is 3.40. The lowest BCUT2D eigenvalue weighted by atomic mass is 10.0. The highest BCUT2D eigenvalue weighted by molar-refractivity contribution is 5.94. The van der Waals surface area contributed by atoms with Crippen molar-refractivity contribution in [2.24, 2.45) is 0 Å². The van der Waals surface area contributed by atoms with Gasteiger partial charge in [0.05, 0.1) is 30.2 Å². The Bertz CT molecular complexity index is 1300. The maximum absolute atomic E-state index is 5.91. The lowest BCUT2D eigenvalue weighted by molar-refractivity contribution is 0.415. The number of fused-ring (bicyclic) bond motifs is 1. The first-order chi connectivity index (χ1) is 14.8. The van der Waals surface area contributed by atoms with Crippen LogP contribution in [0.4, 0.5) is 0 Å². The van der Waals surface area contributed by atoms with E-state index in [1.807, 2.05) is 84.9 Å². The zero-order chi connectivity index (χ0) is 20.3. The van der Waals surface area contributed by atoms with Gasteiger partial charge >= 0.3 is 0 Å². The number of hydrogen-bond donors (Lipinski definition) is 1. The fraction of sp³-hybridized carbons (Fsp3) is 0.0400. The van der Waals surface area contributed by atoms with Gasteiger partial charge in [0.25, 0.3) is 0 Å². The Kier molecular flexibility index (Phi) is 4.62. The van der Waals surface area contributed by atoms with Crippen LogP contribution in [0.15, 0.2) is 91.1 Å². The monoisotopic (exact) mass is 393 g/mol. The van der Waals surface area contributed by atoms with E-state index in [-0.39, 0.29) is 0 Å². The minimum Gasteiger partial charge on any atom is -0.497 e. The third-order valence-corrected chi connectivity index (χ3v) is 4.91. The van der Waals surface area contributed by atoms with Gasteiger partial charge in [-0.15, -0.1) is 0 Å². The molecule has 146 valence electrons. The molecule has 30 heavy (non-hydrogen) atoms. The highest BCUT2D eigenvalue weighted by atomic mass is 16.5. The van der Waals surface area contributed by atoms with Crippen molar-refractivity contribution in [2.45, 2.75) is 0 Å². The largest absolute Gasteiger partial charge is 0.497 e.